The van der Waals surface area contributed by atoms with Gasteiger partial charge in [-0.3, -0.25) is 14.6 Å². The van der Waals surface area contributed by atoms with Crippen molar-refractivity contribution in [1.82, 2.24) is 4.98 Å². The number of hydrogen-bond donors (Lipinski definition) is 0. The smallest absolute Gasteiger partial charge is 0.226 e. The molecule has 1 amide bonds. The zero-order valence-electron chi connectivity index (χ0n) is 16.9. The Bertz CT molecular complexity index is 1080. The third-order valence-electron chi connectivity index (χ3n) is 5.52. The fourth-order valence-electron chi connectivity index (χ4n) is 3.90. The third kappa shape index (κ3) is 4.14. The summed E-state index contributed by atoms with van der Waals surface area (Å²) >= 11 is 6.55. The number of rotatable bonds is 6. The Balaban J connectivity index is 1.50. The van der Waals surface area contributed by atoms with Crippen LogP contribution >= 0.6 is 11.6 Å². The first-order valence-electron chi connectivity index (χ1n) is 10.2. The van der Waals surface area contributed by atoms with Gasteiger partial charge < -0.3 is 4.90 Å². The fourth-order valence-corrected chi connectivity index (χ4v) is 4.24. The van der Waals surface area contributed by atoms with Crippen molar-refractivity contribution >= 4 is 29.0 Å². The van der Waals surface area contributed by atoms with Crippen LogP contribution in [0.3, 0.4) is 0 Å². The molecule has 0 radical (unpaired) electrons. The summed E-state index contributed by atoms with van der Waals surface area (Å²) in [5, 5.41) is 0.596. The number of benzene rings is 2. The van der Waals surface area contributed by atoms with Crippen molar-refractivity contribution < 1.29 is 9.59 Å². The number of Topliss-reactive ketones (excluding diaryl/α,β-unsaturated/α-hetero) is 1. The quantitative estimate of drug-likeness (QED) is 0.495. The number of halogens is 1. The molecule has 0 bridgehead atoms. The van der Waals surface area contributed by atoms with Gasteiger partial charge in [-0.15, -0.1) is 0 Å². The molecular formula is C25H23ClN2O2. The summed E-state index contributed by atoms with van der Waals surface area (Å²) in [5.74, 6) is 0.212. The van der Waals surface area contributed by atoms with Gasteiger partial charge in [0.1, 0.15) is 0 Å². The van der Waals surface area contributed by atoms with E-state index in [0.29, 0.717) is 36.4 Å². The van der Waals surface area contributed by atoms with E-state index in [0.717, 1.165) is 34.4 Å². The second-order valence-corrected chi connectivity index (χ2v) is 7.88. The molecule has 2 heterocycles. The van der Waals surface area contributed by atoms with Gasteiger partial charge in [0.25, 0.3) is 0 Å². The minimum Gasteiger partial charge on any atom is -0.310 e. The van der Waals surface area contributed by atoms with Crippen molar-refractivity contribution in [3.05, 3.63) is 82.6 Å². The summed E-state index contributed by atoms with van der Waals surface area (Å²) < 4.78 is 0. The van der Waals surface area contributed by atoms with Gasteiger partial charge in [0.05, 0.1) is 10.7 Å². The highest BCUT2D eigenvalue weighted by atomic mass is 35.5. The number of carbonyl (C=O) groups is 2. The van der Waals surface area contributed by atoms with Crippen molar-refractivity contribution in [2.45, 2.75) is 32.6 Å². The van der Waals surface area contributed by atoms with E-state index >= 15 is 0 Å². The number of fused-ring (bicyclic) bond motifs is 1. The van der Waals surface area contributed by atoms with Crippen LogP contribution in [-0.2, 0) is 17.6 Å². The fraction of sp³-hybridized carbons (Fsp3) is 0.240. The Morgan fingerprint density at radius 1 is 1.10 bits per heavy atom. The minimum atomic E-state index is 0.0950. The van der Waals surface area contributed by atoms with Crippen molar-refractivity contribution in [2.24, 2.45) is 0 Å². The van der Waals surface area contributed by atoms with E-state index < -0.39 is 0 Å². The Hall–Kier alpha value is -2.98. The monoisotopic (exact) mass is 418 g/mol. The van der Waals surface area contributed by atoms with E-state index in [2.05, 4.69) is 11.1 Å². The van der Waals surface area contributed by atoms with Gasteiger partial charge in [0, 0.05) is 37.3 Å². The molecule has 0 spiro atoms. The minimum absolute atomic E-state index is 0.0950. The van der Waals surface area contributed by atoms with Crippen LogP contribution in [0.5, 0.6) is 0 Å². The third-order valence-corrected chi connectivity index (χ3v) is 5.81. The molecule has 152 valence electrons. The molecular weight excluding hydrogens is 396 g/mol. The zero-order chi connectivity index (χ0) is 21.1. The van der Waals surface area contributed by atoms with E-state index in [4.69, 9.17) is 11.6 Å². The van der Waals surface area contributed by atoms with Gasteiger partial charge in [-0.25, -0.2) is 0 Å². The number of anilines is 1. The number of ketones is 1. The first-order valence-corrected chi connectivity index (χ1v) is 10.6. The average molecular weight is 419 g/mol. The van der Waals surface area contributed by atoms with E-state index in [1.165, 1.54) is 0 Å². The van der Waals surface area contributed by atoms with Crippen LogP contribution in [0.1, 0.15) is 41.3 Å². The number of amides is 1. The van der Waals surface area contributed by atoms with Crippen LogP contribution in [0.25, 0.3) is 11.1 Å². The molecule has 4 nitrogen and oxygen atoms in total. The molecule has 1 aliphatic rings. The van der Waals surface area contributed by atoms with Crippen molar-refractivity contribution in [3.63, 3.8) is 0 Å². The van der Waals surface area contributed by atoms with Crippen LogP contribution in [0, 0.1) is 0 Å². The number of aryl methyl sites for hydroxylation is 1. The highest BCUT2D eigenvalue weighted by Gasteiger charge is 2.26. The number of pyridine rings is 1. The lowest BCUT2D eigenvalue weighted by atomic mass is 9.98. The molecule has 0 atom stereocenters. The summed E-state index contributed by atoms with van der Waals surface area (Å²) in [7, 11) is 0. The molecule has 0 aliphatic carbocycles. The summed E-state index contributed by atoms with van der Waals surface area (Å²) in [4.78, 5) is 30.6. The highest BCUT2D eigenvalue weighted by Crippen LogP contribution is 2.39. The SMILES string of the molecule is CCC(=O)N1CCc2cc(-c3ccc(C(=O)CCc4cccnc4)cc3)cc(Cl)c21. The second kappa shape index (κ2) is 8.80. The number of hydrogen-bond acceptors (Lipinski definition) is 3. The van der Waals surface area contributed by atoms with Gasteiger partial charge in [0.2, 0.25) is 5.91 Å². The Kier molecular flexibility index (Phi) is 5.96. The topological polar surface area (TPSA) is 50.3 Å². The molecule has 0 unspecified atom stereocenters. The maximum absolute atomic E-state index is 12.5. The van der Waals surface area contributed by atoms with Crippen LogP contribution in [0.2, 0.25) is 5.02 Å². The van der Waals surface area contributed by atoms with Crippen molar-refractivity contribution in [1.29, 1.82) is 0 Å². The predicted octanol–water partition coefficient (Wildman–Crippen LogP) is 5.52. The predicted molar refractivity (Wildman–Crippen MR) is 120 cm³/mol. The Labute approximate surface area is 181 Å². The van der Waals surface area contributed by atoms with E-state index in [1.807, 2.05) is 49.4 Å². The second-order valence-electron chi connectivity index (χ2n) is 7.48. The van der Waals surface area contributed by atoms with Crippen molar-refractivity contribution in [3.8, 4) is 11.1 Å². The van der Waals surface area contributed by atoms with Crippen LogP contribution in [0.4, 0.5) is 5.69 Å². The standard InChI is InChI=1S/C25H23ClN2O2/c1-2-24(30)28-13-11-20-14-21(15-22(26)25(20)28)18-6-8-19(9-7-18)23(29)10-5-17-4-3-12-27-16-17/h3-4,6-9,12,14-16H,2,5,10-11,13H2,1H3. The molecule has 1 aromatic heterocycles. The van der Waals surface area contributed by atoms with E-state index in [1.54, 1.807) is 17.3 Å². The summed E-state index contributed by atoms with van der Waals surface area (Å²) in [5.41, 5.74) is 5.70. The highest BCUT2D eigenvalue weighted by molar-refractivity contribution is 6.34. The largest absolute Gasteiger partial charge is 0.310 e. The lowest BCUT2D eigenvalue weighted by Crippen LogP contribution is -2.28. The molecule has 5 heteroatoms. The molecule has 3 aromatic rings. The zero-order valence-corrected chi connectivity index (χ0v) is 17.7. The van der Waals surface area contributed by atoms with E-state index in [-0.39, 0.29) is 11.7 Å². The van der Waals surface area contributed by atoms with Gasteiger partial charge in [-0.2, -0.15) is 0 Å². The number of nitrogens with zero attached hydrogens (tertiary/aromatic N) is 2. The lowest BCUT2D eigenvalue weighted by molar-refractivity contribution is -0.118. The first-order chi connectivity index (χ1) is 14.6. The van der Waals surface area contributed by atoms with E-state index in [9.17, 15) is 9.59 Å². The lowest BCUT2D eigenvalue weighted by Gasteiger charge is -2.18. The maximum atomic E-state index is 12.5. The molecule has 2 aromatic carbocycles. The Morgan fingerprint density at radius 3 is 2.60 bits per heavy atom. The van der Waals surface area contributed by atoms with Gasteiger partial charge in [-0.1, -0.05) is 48.9 Å². The molecule has 0 saturated heterocycles. The van der Waals surface area contributed by atoms with Gasteiger partial charge in [-0.05, 0) is 53.3 Å². The number of aromatic nitrogens is 1. The summed E-state index contributed by atoms with van der Waals surface area (Å²) in [6, 6.07) is 15.5. The molecule has 4 rings (SSSR count). The van der Waals surface area contributed by atoms with Crippen molar-refractivity contribution in [2.75, 3.05) is 11.4 Å². The average Bonchev–Trinajstić information content (AvgIpc) is 3.22. The Morgan fingerprint density at radius 2 is 1.90 bits per heavy atom. The van der Waals surface area contributed by atoms with Gasteiger partial charge in [0.15, 0.2) is 5.78 Å². The molecule has 1 aliphatic heterocycles. The first kappa shape index (κ1) is 20.3. The molecule has 0 fully saturated rings. The molecule has 0 N–H and O–H groups in total. The molecule has 30 heavy (non-hydrogen) atoms. The summed E-state index contributed by atoms with van der Waals surface area (Å²) in [6.45, 7) is 2.54. The van der Waals surface area contributed by atoms with Crippen LogP contribution < -0.4 is 4.90 Å². The maximum Gasteiger partial charge on any atom is 0.226 e. The van der Waals surface area contributed by atoms with Gasteiger partial charge >= 0.3 is 0 Å². The number of carbonyl (C=O) groups excluding carboxylic acids is 2. The van der Waals surface area contributed by atoms with Crippen LogP contribution in [0.15, 0.2) is 60.9 Å². The van der Waals surface area contributed by atoms with Crippen LogP contribution in [-0.4, -0.2) is 23.2 Å². The summed E-state index contributed by atoms with van der Waals surface area (Å²) in [6.07, 6.45) is 5.93. The molecule has 0 saturated carbocycles. The normalized spacial score (nSPS) is 12.7.